The molecule has 0 spiro atoms. The molecular formula is C12H14NO. The van der Waals surface area contributed by atoms with Crippen molar-refractivity contribution in [1.29, 1.82) is 5.26 Å². The van der Waals surface area contributed by atoms with Gasteiger partial charge in [0, 0.05) is 0 Å². The lowest BCUT2D eigenvalue weighted by Gasteiger charge is -2.03. The number of aryl methyl sites for hydroxylation is 1. The number of unbranched alkanes of at least 4 members (excludes halogenated alkanes) is 1. The average molecular weight is 188 g/mol. The Morgan fingerprint density at radius 2 is 2.21 bits per heavy atom. The first-order chi connectivity index (χ1) is 6.80. The molecule has 1 aromatic carbocycles. The molecule has 0 aliphatic heterocycles. The summed E-state index contributed by atoms with van der Waals surface area (Å²) in [5.74, 6) is 0. The molecule has 0 atom stereocenters. The Kier molecular flexibility index (Phi) is 4.15. The molecule has 0 saturated carbocycles. The zero-order valence-corrected chi connectivity index (χ0v) is 8.33. The van der Waals surface area contributed by atoms with E-state index in [9.17, 15) is 0 Å². The summed E-state index contributed by atoms with van der Waals surface area (Å²) in [5, 5.41) is 17.6. The number of aliphatic hydroxyl groups excluding tert-OH is 1. The van der Waals surface area contributed by atoms with Gasteiger partial charge in [0.1, 0.15) is 6.61 Å². The van der Waals surface area contributed by atoms with Gasteiger partial charge in [-0.15, -0.1) is 0 Å². The molecular weight excluding hydrogens is 174 g/mol. The lowest BCUT2D eigenvalue weighted by Crippen LogP contribution is -1.90. The Bertz CT molecular complexity index is 339. The van der Waals surface area contributed by atoms with Crippen molar-refractivity contribution in [2.45, 2.75) is 26.2 Å². The topological polar surface area (TPSA) is 44.0 Å². The van der Waals surface area contributed by atoms with Gasteiger partial charge >= 0.3 is 0 Å². The first kappa shape index (κ1) is 10.7. The second kappa shape index (κ2) is 5.41. The number of aliphatic hydroxyl groups is 1. The quantitative estimate of drug-likeness (QED) is 0.789. The number of hydrogen-bond acceptors (Lipinski definition) is 2. The molecule has 1 aromatic rings. The molecule has 0 fully saturated rings. The summed E-state index contributed by atoms with van der Waals surface area (Å²) in [6.07, 6.45) is 3.21. The van der Waals surface area contributed by atoms with E-state index in [-0.39, 0.29) is 0 Å². The smallest absolute Gasteiger partial charge is 0.109 e. The van der Waals surface area contributed by atoms with Gasteiger partial charge in [-0.3, -0.25) is 0 Å². The molecule has 0 aliphatic carbocycles. The highest BCUT2D eigenvalue weighted by molar-refractivity contribution is 5.39. The second-order valence-corrected chi connectivity index (χ2v) is 3.31. The van der Waals surface area contributed by atoms with Crippen molar-refractivity contribution in [2.24, 2.45) is 0 Å². The summed E-state index contributed by atoms with van der Waals surface area (Å²) in [4.78, 5) is 0. The van der Waals surface area contributed by atoms with Crippen LogP contribution in [0.2, 0.25) is 0 Å². The molecule has 0 unspecified atom stereocenters. The summed E-state index contributed by atoms with van der Waals surface area (Å²) in [7, 11) is 0. The van der Waals surface area contributed by atoms with Crippen LogP contribution in [-0.2, 0) is 6.42 Å². The first-order valence-corrected chi connectivity index (χ1v) is 4.81. The van der Waals surface area contributed by atoms with Gasteiger partial charge in [-0.25, -0.2) is 0 Å². The van der Waals surface area contributed by atoms with Crippen molar-refractivity contribution in [3.63, 3.8) is 0 Å². The van der Waals surface area contributed by atoms with Crippen molar-refractivity contribution < 1.29 is 5.11 Å². The predicted molar refractivity (Wildman–Crippen MR) is 55.1 cm³/mol. The highest BCUT2D eigenvalue weighted by Crippen LogP contribution is 2.13. The van der Waals surface area contributed by atoms with E-state index >= 15 is 0 Å². The third-order valence-corrected chi connectivity index (χ3v) is 2.11. The minimum Gasteiger partial charge on any atom is -0.385 e. The third kappa shape index (κ3) is 2.86. The fourth-order valence-corrected chi connectivity index (χ4v) is 1.38. The van der Waals surface area contributed by atoms with Crippen molar-refractivity contribution in [2.75, 3.05) is 0 Å². The fourth-order valence-electron chi connectivity index (χ4n) is 1.38. The van der Waals surface area contributed by atoms with Crippen LogP contribution in [0.1, 0.15) is 36.5 Å². The van der Waals surface area contributed by atoms with Crippen LogP contribution >= 0.6 is 0 Å². The van der Waals surface area contributed by atoms with Gasteiger partial charge in [0.25, 0.3) is 0 Å². The van der Waals surface area contributed by atoms with Gasteiger partial charge in [0.05, 0.1) is 11.6 Å². The Labute approximate surface area is 84.8 Å². The van der Waals surface area contributed by atoms with E-state index in [1.165, 1.54) is 0 Å². The molecule has 2 nitrogen and oxygen atoms in total. The summed E-state index contributed by atoms with van der Waals surface area (Å²) in [5.41, 5.74) is 2.43. The summed E-state index contributed by atoms with van der Waals surface area (Å²) >= 11 is 0. The van der Waals surface area contributed by atoms with Crippen LogP contribution in [0, 0.1) is 17.9 Å². The van der Waals surface area contributed by atoms with Crippen LogP contribution < -0.4 is 0 Å². The number of rotatable bonds is 4. The van der Waals surface area contributed by atoms with E-state index in [1.807, 2.05) is 12.1 Å². The van der Waals surface area contributed by atoms with Crippen LogP contribution in [0.25, 0.3) is 0 Å². The SMILES string of the molecule is CCCCc1cc(C#N)cc([CH]O)c1. The summed E-state index contributed by atoms with van der Waals surface area (Å²) in [6.45, 7) is 3.17. The van der Waals surface area contributed by atoms with Gasteiger partial charge < -0.3 is 5.11 Å². The maximum absolute atomic E-state index is 8.87. The van der Waals surface area contributed by atoms with E-state index in [0.29, 0.717) is 11.1 Å². The van der Waals surface area contributed by atoms with Crippen LogP contribution in [-0.4, -0.2) is 5.11 Å². The molecule has 2 heteroatoms. The molecule has 1 N–H and O–H groups in total. The van der Waals surface area contributed by atoms with E-state index in [1.54, 1.807) is 6.07 Å². The summed E-state index contributed by atoms with van der Waals surface area (Å²) in [6, 6.07) is 7.55. The normalized spacial score (nSPS) is 9.79. The van der Waals surface area contributed by atoms with Gasteiger partial charge in [0.2, 0.25) is 0 Å². The predicted octanol–water partition coefficient (Wildman–Crippen LogP) is 2.78. The van der Waals surface area contributed by atoms with E-state index in [4.69, 9.17) is 10.4 Å². The molecule has 1 radical (unpaired) electrons. The van der Waals surface area contributed by atoms with Crippen molar-refractivity contribution in [1.82, 2.24) is 0 Å². The van der Waals surface area contributed by atoms with Crippen molar-refractivity contribution >= 4 is 0 Å². The number of hydrogen-bond donors (Lipinski definition) is 1. The monoisotopic (exact) mass is 188 g/mol. The summed E-state index contributed by atoms with van der Waals surface area (Å²) < 4.78 is 0. The van der Waals surface area contributed by atoms with Crippen LogP contribution in [0.5, 0.6) is 0 Å². The average Bonchev–Trinajstić information content (AvgIpc) is 2.25. The molecule has 1 rings (SSSR count). The maximum Gasteiger partial charge on any atom is 0.109 e. The van der Waals surface area contributed by atoms with Gasteiger partial charge in [0.15, 0.2) is 0 Å². The molecule has 0 aromatic heterocycles. The highest BCUT2D eigenvalue weighted by atomic mass is 16.3. The lowest BCUT2D eigenvalue weighted by atomic mass is 10.0. The van der Waals surface area contributed by atoms with Crippen molar-refractivity contribution in [3.8, 4) is 6.07 Å². The minimum absolute atomic E-state index is 0.610. The third-order valence-electron chi connectivity index (χ3n) is 2.11. The number of benzene rings is 1. The molecule has 0 bridgehead atoms. The molecule has 0 saturated heterocycles. The van der Waals surface area contributed by atoms with Gasteiger partial charge in [-0.2, -0.15) is 5.26 Å². The van der Waals surface area contributed by atoms with Crippen LogP contribution in [0.4, 0.5) is 0 Å². The van der Waals surface area contributed by atoms with E-state index < -0.39 is 0 Å². The van der Waals surface area contributed by atoms with E-state index in [2.05, 4.69) is 13.0 Å². The zero-order valence-electron chi connectivity index (χ0n) is 8.33. The molecule has 0 aliphatic rings. The minimum atomic E-state index is 0.610. The maximum atomic E-state index is 8.87. The molecule has 0 heterocycles. The molecule has 0 amide bonds. The highest BCUT2D eigenvalue weighted by Gasteiger charge is 2.00. The fraction of sp³-hybridized carbons (Fsp3) is 0.333. The van der Waals surface area contributed by atoms with Gasteiger partial charge in [-0.05, 0) is 36.1 Å². The van der Waals surface area contributed by atoms with Crippen LogP contribution in [0.15, 0.2) is 18.2 Å². The number of nitrogens with zero attached hydrogens (tertiary/aromatic N) is 1. The first-order valence-electron chi connectivity index (χ1n) is 4.81. The lowest BCUT2D eigenvalue weighted by molar-refractivity contribution is 0.414. The zero-order chi connectivity index (χ0) is 10.4. The molecule has 73 valence electrons. The van der Waals surface area contributed by atoms with Crippen molar-refractivity contribution in [3.05, 3.63) is 41.5 Å². The van der Waals surface area contributed by atoms with Crippen LogP contribution in [0.3, 0.4) is 0 Å². The van der Waals surface area contributed by atoms with Gasteiger partial charge in [-0.1, -0.05) is 19.4 Å². The largest absolute Gasteiger partial charge is 0.385 e. The number of nitriles is 1. The Balaban J connectivity index is 2.88. The Morgan fingerprint density at radius 1 is 1.43 bits per heavy atom. The Morgan fingerprint density at radius 3 is 2.79 bits per heavy atom. The van der Waals surface area contributed by atoms with E-state index in [0.717, 1.165) is 31.4 Å². The standard InChI is InChI=1S/C12H14NO/c1-2-3-4-10-5-11(8-13)7-12(6-10)9-14/h5-7,9,14H,2-4H2,1H3. The second-order valence-electron chi connectivity index (χ2n) is 3.31. The molecule has 14 heavy (non-hydrogen) atoms. The Hall–Kier alpha value is -1.33.